The van der Waals surface area contributed by atoms with E-state index in [9.17, 15) is 4.79 Å². The Labute approximate surface area is 173 Å². The first-order chi connectivity index (χ1) is 14.1. The molecule has 0 saturated carbocycles. The minimum atomic E-state index is -0.209. The van der Waals surface area contributed by atoms with Crippen molar-refractivity contribution in [3.05, 3.63) is 101 Å². The lowest BCUT2D eigenvalue weighted by molar-refractivity contribution is 0.0939. The SMILES string of the molecule is C[C@H](NC(=O)c1cccc(OCc2cn3ccccc3n2)c1)c1ccccc1Cl. The molecule has 146 valence electrons. The Morgan fingerprint density at radius 2 is 1.97 bits per heavy atom. The third kappa shape index (κ3) is 4.41. The first-order valence-electron chi connectivity index (χ1n) is 9.31. The molecule has 4 aromatic rings. The summed E-state index contributed by atoms with van der Waals surface area (Å²) < 4.78 is 7.79. The van der Waals surface area contributed by atoms with Crippen LogP contribution in [0.1, 0.15) is 34.6 Å². The van der Waals surface area contributed by atoms with E-state index in [2.05, 4.69) is 10.3 Å². The minimum absolute atomic E-state index is 0.185. The van der Waals surface area contributed by atoms with Gasteiger partial charge in [0.15, 0.2) is 0 Å². The Bertz CT molecular complexity index is 1120. The van der Waals surface area contributed by atoms with Gasteiger partial charge in [-0.15, -0.1) is 0 Å². The van der Waals surface area contributed by atoms with Crippen LogP contribution in [0.5, 0.6) is 5.75 Å². The van der Waals surface area contributed by atoms with Crippen molar-refractivity contribution < 1.29 is 9.53 Å². The molecule has 0 aliphatic carbocycles. The maximum Gasteiger partial charge on any atom is 0.251 e. The predicted octanol–water partition coefficient (Wildman–Crippen LogP) is 5.06. The highest BCUT2D eigenvalue weighted by atomic mass is 35.5. The van der Waals surface area contributed by atoms with Crippen molar-refractivity contribution >= 4 is 23.2 Å². The van der Waals surface area contributed by atoms with Crippen LogP contribution in [0, 0.1) is 0 Å². The third-order valence-corrected chi connectivity index (χ3v) is 4.96. The number of rotatable bonds is 6. The van der Waals surface area contributed by atoms with Gasteiger partial charge in [0.2, 0.25) is 0 Å². The molecule has 0 fully saturated rings. The van der Waals surface area contributed by atoms with Crippen molar-refractivity contribution in [1.82, 2.24) is 14.7 Å². The Morgan fingerprint density at radius 1 is 1.14 bits per heavy atom. The molecule has 29 heavy (non-hydrogen) atoms. The zero-order valence-corrected chi connectivity index (χ0v) is 16.6. The van der Waals surface area contributed by atoms with E-state index < -0.39 is 0 Å². The molecule has 2 heterocycles. The molecule has 0 saturated heterocycles. The molecule has 1 amide bonds. The second kappa shape index (κ2) is 8.37. The van der Waals surface area contributed by atoms with Crippen LogP contribution in [0.25, 0.3) is 5.65 Å². The Hall–Kier alpha value is -3.31. The maximum absolute atomic E-state index is 12.7. The van der Waals surface area contributed by atoms with E-state index in [4.69, 9.17) is 16.3 Å². The van der Waals surface area contributed by atoms with Crippen LogP contribution in [0.15, 0.2) is 79.1 Å². The van der Waals surface area contributed by atoms with Gasteiger partial charge in [0, 0.05) is 23.0 Å². The van der Waals surface area contributed by atoms with Gasteiger partial charge >= 0.3 is 0 Å². The minimum Gasteiger partial charge on any atom is -0.487 e. The molecule has 2 aromatic heterocycles. The van der Waals surface area contributed by atoms with Gasteiger partial charge < -0.3 is 14.5 Å². The van der Waals surface area contributed by atoms with Gasteiger partial charge in [0.25, 0.3) is 5.91 Å². The Kier molecular flexibility index (Phi) is 5.49. The van der Waals surface area contributed by atoms with E-state index >= 15 is 0 Å². The van der Waals surface area contributed by atoms with Crippen LogP contribution >= 0.6 is 11.6 Å². The van der Waals surface area contributed by atoms with E-state index in [-0.39, 0.29) is 11.9 Å². The summed E-state index contributed by atoms with van der Waals surface area (Å²) in [5.74, 6) is 0.427. The van der Waals surface area contributed by atoms with Crippen molar-refractivity contribution in [2.75, 3.05) is 0 Å². The van der Waals surface area contributed by atoms with Gasteiger partial charge in [-0.2, -0.15) is 0 Å². The zero-order chi connectivity index (χ0) is 20.2. The quantitative estimate of drug-likeness (QED) is 0.488. The summed E-state index contributed by atoms with van der Waals surface area (Å²) >= 11 is 6.22. The average molecular weight is 406 g/mol. The van der Waals surface area contributed by atoms with Gasteiger partial charge in [0.1, 0.15) is 18.0 Å². The molecular formula is C23H20ClN3O2. The van der Waals surface area contributed by atoms with E-state index in [1.54, 1.807) is 18.2 Å². The number of aromatic nitrogens is 2. The normalized spacial score (nSPS) is 11.9. The number of hydrogen-bond acceptors (Lipinski definition) is 3. The van der Waals surface area contributed by atoms with Crippen LogP contribution < -0.4 is 10.1 Å². The van der Waals surface area contributed by atoms with E-state index in [0.29, 0.717) is 22.9 Å². The van der Waals surface area contributed by atoms with Crippen molar-refractivity contribution in [3.63, 3.8) is 0 Å². The lowest BCUT2D eigenvalue weighted by atomic mass is 10.1. The molecule has 0 spiro atoms. The number of carbonyl (C=O) groups is 1. The summed E-state index contributed by atoms with van der Waals surface area (Å²) in [6, 6.07) is 20.2. The fourth-order valence-corrected chi connectivity index (χ4v) is 3.42. The number of nitrogens with zero attached hydrogens (tertiary/aromatic N) is 2. The molecule has 2 aromatic carbocycles. The van der Waals surface area contributed by atoms with Crippen LogP contribution in [-0.2, 0) is 6.61 Å². The molecule has 6 heteroatoms. The summed E-state index contributed by atoms with van der Waals surface area (Å²) in [6.07, 6.45) is 3.87. The van der Waals surface area contributed by atoms with E-state index in [1.165, 1.54) is 0 Å². The topological polar surface area (TPSA) is 55.6 Å². The molecule has 0 bridgehead atoms. The second-order valence-electron chi connectivity index (χ2n) is 6.73. The Balaban J connectivity index is 1.42. The molecule has 5 nitrogen and oxygen atoms in total. The standard InChI is InChI=1S/C23H20ClN3O2/c1-16(20-9-2-3-10-21(20)24)25-23(28)17-7-6-8-19(13-17)29-15-18-14-27-12-5-4-11-22(27)26-18/h2-14,16H,15H2,1H3,(H,25,28)/t16-/m0/s1. The number of benzene rings is 2. The molecule has 0 aliphatic rings. The highest BCUT2D eigenvalue weighted by Gasteiger charge is 2.14. The van der Waals surface area contributed by atoms with Crippen molar-refractivity contribution in [2.24, 2.45) is 0 Å². The van der Waals surface area contributed by atoms with Crippen LogP contribution in [0.4, 0.5) is 0 Å². The van der Waals surface area contributed by atoms with E-state index in [0.717, 1.165) is 16.9 Å². The summed E-state index contributed by atoms with van der Waals surface area (Å²) in [7, 11) is 0. The lowest BCUT2D eigenvalue weighted by Crippen LogP contribution is -2.26. The smallest absolute Gasteiger partial charge is 0.251 e. The second-order valence-corrected chi connectivity index (χ2v) is 7.14. The molecular weight excluding hydrogens is 386 g/mol. The fourth-order valence-electron chi connectivity index (χ4n) is 3.13. The number of ether oxygens (including phenoxy) is 1. The largest absolute Gasteiger partial charge is 0.487 e. The molecule has 0 unspecified atom stereocenters. The number of nitrogens with one attached hydrogen (secondary N) is 1. The Morgan fingerprint density at radius 3 is 2.79 bits per heavy atom. The van der Waals surface area contributed by atoms with Crippen molar-refractivity contribution in [3.8, 4) is 5.75 Å². The monoisotopic (exact) mass is 405 g/mol. The number of hydrogen-bond donors (Lipinski definition) is 1. The van der Waals surface area contributed by atoms with Gasteiger partial charge in [0.05, 0.1) is 11.7 Å². The van der Waals surface area contributed by atoms with Gasteiger partial charge in [-0.3, -0.25) is 4.79 Å². The van der Waals surface area contributed by atoms with Crippen LogP contribution in [0.3, 0.4) is 0 Å². The summed E-state index contributed by atoms with van der Waals surface area (Å²) in [5.41, 5.74) is 3.09. The van der Waals surface area contributed by atoms with Gasteiger partial charge in [-0.25, -0.2) is 4.98 Å². The molecule has 0 radical (unpaired) electrons. The van der Waals surface area contributed by atoms with E-state index in [1.807, 2.05) is 72.2 Å². The number of fused-ring (bicyclic) bond motifs is 1. The summed E-state index contributed by atoms with van der Waals surface area (Å²) in [4.78, 5) is 17.2. The highest BCUT2D eigenvalue weighted by molar-refractivity contribution is 6.31. The molecule has 1 atom stereocenters. The van der Waals surface area contributed by atoms with Crippen LogP contribution in [0.2, 0.25) is 5.02 Å². The zero-order valence-electron chi connectivity index (χ0n) is 15.9. The summed E-state index contributed by atoms with van der Waals surface area (Å²) in [5, 5.41) is 3.61. The average Bonchev–Trinajstić information content (AvgIpc) is 3.16. The number of halogens is 1. The first kappa shape index (κ1) is 19.0. The number of amides is 1. The van der Waals surface area contributed by atoms with Crippen molar-refractivity contribution in [1.29, 1.82) is 0 Å². The first-order valence-corrected chi connectivity index (χ1v) is 9.69. The number of pyridine rings is 1. The number of carbonyl (C=O) groups excluding carboxylic acids is 1. The van der Waals surface area contributed by atoms with Crippen LogP contribution in [-0.4, -0.2) is 15.3 Å². The van der Waals surface area contributed by atoms with Gasteiger partial charge in [-0.1, -0.05) is 41.9 Å². The van der Waals surface area contributed by atoms with Gasteiger partial charge in [-0.05, 0) is 48.9 Å². The highest BCUT2D eigenvalue weighted by Crippen LogP contribution is 2.23. The van der Waals surface area contributed by atoms with Crippen molar-refractivity contribution in [2.45, 2.75) is 19.6 Å². The third-order valence-electron chi connectivity index (χ3n) is 4.62. The summed E-state index contributed by atoms with van der Waals surface area (Å²) in [6.45, 7) is 2.23. The molecule has 0 aliphatic heterocycles. The fraction of sp³-hybridized carbons (Fsp3) is 0.130. The number of imidazole rings is 1. The molecule has 4 rings (SSSR count). The molecule has 1 N–H and O–H groups in total. The lowest BCUT2D eigenvalue weighted by Gasteiger charge is -2.16. The maximum atomic E-state index is 12.7. The predicted molar refractivity (Wildman–Crippen MR) is 113 cm³/mol.